The fraction of sp³-hybridized carbons (Fsp3) is 0.455. The van der Waals surface area contributed by atoms with Crippen LogP contribution in [0, 0.1) is 17.7 Å². The number of amides is 1. The molecule has 0 spiro atoms. The van der Waals surface area contributed by atoms with Crippen molar-refractivity contribution in [3.63, 3.8) is 0 Å². The molecule has 1 aromatic carbocycles. The van der Waals surface area contributed by atoms with E-state index in [1.807, 2.05) is 0 Å². The van der Waals surface area contributed by atoms with E-state index in [2.05, 4.69) is 42.6 Å². The molecule has 32 heavy (non-hydrogen) atoms. The molecule has 1 amide bonds. The molecule has 1 saturated carbocycles. The zero-order valence-electron chi connectivity index (χ0n) is 17.7. The lowest BCUT2D eigenvalue weighted by molar-refractivity contribution is -0.123. The lowest BCUT2D eigenvalue weighted by atomic mass is 9.92. The summed E-state index contributed by atoms with van der Waals surface area (Å²) in [6, 6.07) is 3.80. The Hall–Kier alpha value is -2.94. The summed E-state index contributed by atoms with van der Waals surface area (Å²) in [5.41, 5.74) is 1.21. The molecule has 0 radical (unpaired) electrons. The third-order valence-corrected chi connectivity index (χ3v) is 6.59. The van der Waals surface area contributed by atoms with Crippen LogP contribution in [-0.4, -0.2) is 51.2 Å². The normalized spacial score (nSPS) is 22.0. The number of aromatic nitrogens is 4. The molecule has 2 aliphatic rings. The molecule has 5 rings (SSSR count). The van der Waals surface area contributed by atoms with Crippen molar-refractivity contribution in [1.29, 1.82) is 0 Å². The molecule has 168 valence electrons. The van der Waals surface area contributed by atoms with Crippen molar-refractivity contribution in [1.82, 2.24) is 25.5 Å². The monoisotopic (exact) mass is 457 g/mol. The van der Waals surface area contributed by atoms with Crippen molar-refractivity contribution < 1.29 is 9.18 Å². The molecular weight excluding hydrogens is 433 g/mol. The first-order chi connectivity index (χ1) is 15.5. The average Bonchev–Trinajstić information content (AvgIpc) is 3.48. The second-order valence-corrected chi connectivity index (χ2v) is 9.21. The van der Waals surface area contributed by atoms with Gasteiger partial charge in [-0.15, -0.1) is 0 Å². The number of halogens is 2. The quantitative estimate of drug-likeness (QED) is 0.525. The first-order valence-electron chi connectivity index (χ1n) is 10.9. The minimum Gasteiger partial charge on any atom is -0.373 e. The Morgan fingerprint density at radius 2 is 2.12 bits per heavy atom. The lowest BCUT2D eigenvalue weighted by Gasteiger charge is -2.38. The number of benzene rings is 1. The Bertz CT molecular complexity index is 1110. The van der Waals surface area contributed by atoms with E-state index in [-0.39, 0.29) is 17.9 Å². The standard InChI is InChI=1S/C22H25ClFN7O/c1-12-4-5-31(21-17-9-27-30-20(17)25-11-26-21)10-18(12)29-22(32)19(13-2-3-13)28-16-7-14(23)6-15(24)8-16/h6-9,11-13,18-19,28H,2-5,10H2,1H3,(H,29,32)(H,25,26,27,30)/t12-,18+,19-/m1/s1. The van der Waals surface area contributed by atoms with Crippen LogP contribution in [0.25, 0.3) is 11.0 Å². The average molecular weight is 458 g/mol. The molecule has 2 fully saturated rings. The van der Waals surface area contributed by atoms with E-state index in [1.165, 1.54) is 18.5 Å². The van der Waals surface area contributed by atoms with E-state index in [1.54, 1.807) is 12.3 Å². The summed E-state index contributed by atoms with van der Waals surface area (Å²) in [6.07, 6.45) is 6.13. The molecule has 3 aromatic rings. The summed E-state index contributed by atoms with van der Waals surface area (Å²) in [5, 5.41) is 14.6. The Morgan fingerprint density at radius 3 is 2.91 bits per heavy atom. The predicted octanol–water partition coefficient (Wildman–Crippen LogP) is 3.37. The maximum atomic E-state index is 13.8. The molecule has 0 bridgehead atoms. The van der Waals surface area contributed by atoms with Gasteiger partial charge in [0.05, 0.1) is 11.6 Å². The fourth-order valence-electron chi connectivity index (χ4n) is 4.37. The van der Waals surface area contributed by atoms with Gasteiger partial charge in [0.1, 0.15) is 24.0 Å². The highest BCUT2D eigenvalue weighted by atomic mass is 35.5. The van der Waals surface area contributed by atoms with Gasteiger partial charge in [-0.2, -0.15) is 5.10 Å². The Morgan fingerprint density at radius 1 is 1.28 bits per heavy atom. The van der Waals surface area contributed by atoms with Gasteiger partial charge in [-0.3, -0.25) is 9.89 Å². The fourth-order valence-corrected chi connectivity index (χ4v) is 4.59. The van der Waals surface area contributed by atoms with Crippen LogP contribution in [0.15, 0.2) is 30.7 Å². The van der Waals surface area contributed by atoms with Gasteiger partial charge >= 0.3 is 0 Å². The maximum Gasteiger partial charge on any atom is 0.243 e. The molecular formula is C22H25ClFN7O. The van der Waals surface area contributed by atoms with Gasteiger partial charge in [-0.25, -0.2) is 14.4 Å². The van der Waals surface area contributed by atoms with Crippen molar-refractivity contribution in [2.24, 2.45) is 11.8 Å². The molecule has 1 aliphatic carbocycles. The largest absolute Gasteiger partial charge is 0.373 e. The van der Waals surface area contributed by atoms with Crippen molar-refractivity contribution in [2.75, 3.05) is 23.3 Å². The summed E-state index contributed by atoms with van der Waals surface area (Å²) in [7, 11) is 0. The summed E-state index contributed by atoms with van der Waals surface area (Å²) in [6.45, 7) is 3.64. The van der Waals surface area contributed by atoms with Gasteiger partial charge in [0.15, 0.2) is 5.65 Å². The van der Waals surface area contributed by atoms with Crippen LogP contribution >= 0.6 is 11.6 Å². The predicted molar refractivity (Wildman–Crippen MR) is 121 cm³/mol. The van der Waals surface area contributed by atoms with Crippen molar-refractivity contribution in [2.45, 2.75) is 38.3 Å². The maximum absolute atomic E-state index is 13.8. The topological polar surface area (TPSA) is 98.8 Å². The van der Waals surface area contributed by atoms with Crippen LogP contribution < -0.4 is 15.5 Å². The van der Waals surface area contributed by atoms with E-state index < -0.39 is 11.9 Å². The van der Waals surface area contributed by atoms with E-state index in [0.717, 1.165) is 37.0 Å². The highest BCUT2D eigenvalue weighted by molar-refractivity contribution is 6.30. The number of hydrogen-bond acceptors (Lipinski definition) is 6. The molecule has 10 heteroatoms. The number of nitrogens with one attached hydrogen (secondary N) is 3. The van der Waals surface area contributed by atoms with Crippen molar-refractivity contribution in [3.05, 3.63) is 41.6 Å². The zero-order valence-corrected chi connectivity index (χ0v) is 18.4. The van der Waals surface area contributed by atoms with Gasteiger partial charge < -0.3 is 15.5 Å². The minimum absolute atomic E-state index is 0.0349. The van der Waals surface area contributed by atoms with Crippen LogP contribution in [-0.2, 0) is 4.79 Å². The minimum atomic E-state index is -0.429. The lowest BCUT2D eigenvalue weighted by Crippen LogP contribution is -2.55. The summed E-state index contributed by atoms with van der Waals surface area (Å²) >= 11 is 5.99. The van der Waals surface area contributed by atoms with Crippen molar-refractivity contribution in [3.8, 4) is 0 Å². The third kappa shape index (κ3) is 4.34. The van der Waals surface area contributed by atoms with Crippen LogP contribution in [0.2, 0.25) is 5.02 Å². The number of carbonyl (C=O) groups is 1. The molecule has 3 N–H and O–H groups in total. The first-order valence-corrected chi connectivity index (χ1v) is 11.3. The Labute approximate surface area is 189 Å². The van der Waals surface area contributed by atoms with Crippen LogP contribution in [0.4, 0.5) is 15.9 Å². The molecule has 2 aromatic heterocycles. The third-order valence-electron chi connectivity index (χ3n) is 6.37. The number of fused-ring (bicyclic) bond motifs is 1. The molecule has 3 heterocycles. The number of aromatic amines is 1. The van der Waals surface area contributed by atoms with E-state index >= 15 is 0 Å². The molecule has 1 saturated heterocycles. The second-order valence-electron chi connectivity index (χ2n) is 8.77. The van der Waals surface area contributed by atoms with Crippen LogP contribution in [0.3, 0.4) is 0 Å². The molecule has 3 atom stereocenters. The highest BCUT2D eigenvalue weighted by Crippen LogP contribution is 2.35. The van der Waals surface area contributed by atoms with E-state index in [0.29, 0.717) is 28.8 Å². The number of H-pyrrole nitrogens is 1. The van der Waals surface area contributed by atoms with Gasteiger partial charge in [0.2, 0.25) is 5.91 Å². The van der Waals surface area contributed by atoms with Crippen molar-refractivity contribution >= 4 is 40.0 Å². The SMILES string of the molecule is C[C@@H]1CCN(c2ncnc3[nH]ncc23)C[C@@H]1NC(=O)[C@H](Nc1cc(F)cc(Cl)c1)C1CC1. The molecule has 1 aliphatic heterocycles. The summed E-state index contributed by atoms with van der Waals surface area (Å²) < 4.78 is 13.8. The van der Waals surface area contributed by atoms with Gasteiger partial charge in [-0.05, 0) is 49.3 Å². The zero-order chi connectivity index (χ0) is 22.2. The number of piperidine rings is 1. The molecule has 8 nitrogen and oxygen atoms in total. The van der Waals surface area contributed by atoms with Gasteiger partial charge in [0, 0.05) is 29.8 Å². The first kappa shape index (κ1) is 20.9. The smallest absolute Gasteiger partial charge is 0.243 e. The van der Waals surface area contributed by atoms with Gasteiger partial charge in [0.25, 0.3) is 0 Å². The van der Waals surface area contributed by atoms with Gasteiger partial charge in [-0.1, -0.05) is 18.5 Å². The van der Waals surface area contributed by atoms with E-state index in [9.17, 15) is 9.18 Å². The number of hydrogen-bond donors (Lipinski definition) is 3. The Kier molecular flexibility index (Phi) is 5.58. The Balaban J connectivity index is 1.31. The summed E-state index contributed by atoms with van der Waals surface area (Å²) in [5.74, 6) is 0.880. The number of carbonyl (C=O) groups excluding carboxylic acids is 1. The summed E-state index contributed by atoms with van der Waals surface area (Å²) in [4.78, 5) is 24.1. The number of rotatable bonds is 6. The van der Waals surface area contributed by atoms with E-state index in [4.69, 9.17) is 11.6 Å². The number of anilines is 2. The highest BCUT2D eigenvalue weighted by Gasteiger charge is 2.38. The van der Waals surface area contributed by atoms with Crippen LogP contribution in [0.1, 0.15) is 26.2 Å². The second kappa shape index (κ2) is 8.54. The van der Waals surface area contributed by atoms with Crippen LogP contribution in [0.5, 0.6) is 0 Å². The molecule has 0 unspecified atom stereocenters. The number of nitrogens with zero attached hydrogens (tertiary/aromatic N) is 4.